The van der Waals surface area contributed by atoms with Crippen LogP contribution >= 0.6 is 0 Å². The highest BCUT2D eigenvalue weighted by Gasteiger charge is 2.54. The van der Waals surface area contributed by atoms with Crippen molar-refractivity contribution in [3.8, 4) is 0 Å². The minimum absolute atomic E-state index is 0.814. The van der Waals surface area contributed by atoms with Crippen molar-refractivity contribution in [3.63, 3.8) is 0 Å². The zero-order valence-corrected chi connectivity index (χ0v) is 14.1. The van der Waals surface area contributed by atoms with Crippen molar-refractivity contribution in [2.75, 3.05) is 0 Å². The van der Waals surface area contributed by atoms with Crippen LogP contribution in [0, 0.1) is 29.1 Å². The van der Waals surface area contributed by atoms with Crippen LogP contribution < -0.4 is 0 Å². The minimum Gasteiger partial charge on any atom is -0.0533 e. The fourth-order valence-electron chi connectivity index (χ4n) is 7.05. The molecule has 0 heterocycles. The smallest absolute Gasteiger partial charge is 0.0210 e. The summed E-state index contributed by atoms with van der Waals surface area (Å²) in [5.41, 5.74) is 0.814. The van der Waals surface area contributed by atoms with Crippen LogP contribution in [-0.4, -0.2) is 0 Å². The third-order valence-corrected chi connectivity index (χ3v) is 7.99. The molecule has 120 valence electrons. The second-order valence-electron chi connectivity index (χ2n) is 8.97. The summed E-state index contributed by atoms with van der Waals surface area (Å²) in [7, 11) is 0. The molecule has 4 aliphatic rings. The molecule has 21 heavy (non-hydrogen) atoms. The largest absolute Gasteiger partial charge is 0.0533 e. The Morgan fingerprint density at radius 1 is 0.476 bits per heavy atom. The van der Waals surface area contributed by atoms with Gasteiger partial charge in [-0.3, -0.25) is 0 Å². The lowest BCUT2D eigenvalue weighted by Gasteiger charge is -2.52. The summed E-state index contributed by atoms with van der Waals surface area (Å²) < 4.78 is 0. The van der Waals surface area contributed by atoms with E-state index < -0.39 is 0 Å². The molecule has 0 radical (unpaired) electrons. The van der Waals surface area contributed by atoms with E-state index in [0.717, 1.165) is 29.1 Å². The van der Waals surface area contributed by atoms with Gasteiger partial charge in [-0.1, -0.05) is 51.4 Å². The Morgan fingerprint density at radius 2 is 1.00 bits per heavy atom. The van der Waals surface area contributed by atoms with Gasteiger partial charge < -0.3 is 0 Å². The van der Waals surface area contributed by atoms with Gasteiger partial charge in [-0.25, -0.2) is 0 Å². The fourth-order valence-corrected chi connectivity index (χ4v) is 7.05. The van der Waals surface area contributed by atoms with Crippen LogP contribution in [0.2, 0.25) is 0 Å². The van der Waals surface area contributed by atoms with Crippen LogP contribution in [0.3, 0.4) is 0 Å². The lowest BCUT2D eigenvalue weighted by molar-refractivity contribution is -0.0334. The molecule has 0 amide bonds. The maximum absolute atomic E-state index is 1.63. The third-order valence-electron chi connectivity index (χ3n) is 7.99. The maximum Gasteiger partial charge on any atom is -0.0210 e. The Kier molecular flexibility index (Phi) is 4.34. The molecule has 2 unspecified atom stereocenters. The summed E-state index contributed by atoms with van der Waals surface area (Å²) in [5, 5.41) is 0. The molecule has 4 saturated carbocycles. The topological polar surface area (TPSA) is 0 Å². The lowest BCUT2D eigenvalue weighted by Crippen LogP contribution is -2.45. The molecular weight excluding hydrogens is 252 g/mol. The molecule has 4 fully saturated rings. The number of hydrogen-bond acceptors (Lipinski definition) is 0. The van der Waals surface area contributed by atoms with Gasteiger partial charge in [0.25, 0.3) is 0 Å². The van der Waals surface area contributed by atoms with E-state index in [1.165, 1.54) is 6.42 Å². The first-order valence-electron chi connectivity index (χ1n) is 10.4. The highest BCUT2D eigenvalue weighted by Crippen LogP contribution is 2.63. The van der Waals surface area contributed by atoms with Crippen LogP contribution in [0.4, 0.5) is 0 Å². The van der Waals surface area contributed by atoms with Gasteiger partial charge >= 0.3 is 0 Å². The average Bonchev–Trinajstić information content (AvgIpc) is 3.27. The van der Waals surface area contributed by atoms with Crippen LogP contribution in [-0.2, 0) is 0 Å². The molecule has 0 bridgehead atoms. The third kappa shape index (κ3) is 2.70. The second kappa shape index (κ2) is 6.25. The standard InChI is InChI=1S/C21H36/c1-3-9-18(10-4-1)21(19-11-6-7-12-19)16-8-2-5-13-20(21)17-14-15-17/h17-20H,1-16H2. The summed E-state index contributed by atoms with van der Waals surface area (Å²) in [5.74, 6) is 4.55. The molecule has 4 aliphatic carbocycles. The first kappa shape index (κ1) is 14.6. The van der Waals surface area contributed by atoms with E-state index in [1.807, 2.05) is 0 Å². The first-order valence-corrected chi connectivity index (χ1v) is 10.4. The normalized spacial score (nSPS) is 40.3. The average molecular weight is 289 g/mol. The van der Waals surface area contributed by atoms with E-state index in [-0.39, 0.29) is 0 Å². The highest BCUT2D eigenvalue weighted by molar-refractivity contribution is 5.04. The lowest BCUT2D eigenvalue weighted by atomic mass is 9.53. The van der Waals surface area contributed by atoms with Crippen molar-refractivity contribution in [1.29, 1.82) is 0 Å². The zero-order valence-electron chi connectivity index (χ0n) is 14.1. The van der Waals surface area contributed by atoms with Crippen molar-refractivity contribution in [2.24, 2.45) is 29.1 Å². The van der Waals surface area contributed by atoms with E-state index in [2.05, 4.69) is 0 Å². The van der Waals surface area contributed by atoms with E-state index in [4.69, 9.17) is 0 Å². The molecule has 0 spiro atoms. The Bertz CT molecular complexity index is 330. The number of rotatable bonds is 3. The molecule has 0 nitrogen and oxygen atoms in total. The Labute approximate surface area is 132 Å². The van der Waals surface area contributed by atoms with Crippen molar-refractivity contribution >= 4 is 0 Å². The van der Waals surface area contributed by atoms with Gasteiger partial charge in [0, 0.05) is 0 Å². The monoisotopic (exact) mass is 288 g/mol. The molecule has 0 N–H and O–H groups in total. The quantitative estimate of drug-likeness (QED) is 0.505. The number of hydrogen-bond donors (Lipinski definition) is 0. The zero-order chi connectivity index (χ0) is 14.1. The van der Waals surface area contributed by atoms with Crippen LogP contribution in [0.5, 0.6) is 0 Å². The van der Waals surface area contributed by atoms with Crippen molar-refractivity contribution in [1.82, 2.24) is 0 Å². The Morgan fingerprint density at radius 3 is 1.62 bits per heavy atom. The van der Waals surface area contributed by atoms with Gasteiger partial charge in [-0.2, -0.15) is 0 Å². The molecule has 0 saturated heterocycles. The molecular formula is C21H36. The predicted molar refractivity (Wildman–Crippen MR) is 90.3 cm³/mol. The van der Waals surface area contributed by atoms with Gasteiger partial charge in [0.2, 0.25) is 0 Å². The minimum atomic E-state index is 0.814. The highest BCUT2D eigenvalue weighted by atomic mass is 14.6. The van der Waals surface area contributed by atoms with Crippen LogP contribution in [0.1, 0.15) is 103 Å². The van der Waals surface area contributed by atoms with Crippen LogP contribution in [0.25, 0.3) is 0 Å². The molecule has 0 heteroatoms. The fraction of sp³-hybridized carbons (Fsp3) is 1.00. The van der Waals surface area contributed by atoms with Gasteiger partial charge in [0.1, 0.15) is 0 Å². The molecule has 0 aliphatic heterocycles. The van der Waals surface area contributed by atoms with E-state index >= 15 is 0 Å². The van der Waals surface area contributed by atoms with E-state index in [9.17, 15) is 0 Å². The summed E-state index contributed by atoms with van der Waals surface area (Å²) in [6, 6.07) is 0. The van der Waals surface area contributed by atoms with Crippen molar-refractivity contribution < 1.29 is 0 Å². The van der Waals surface area contributed by atoms with Crippen molar-refractivity contribution in [2.45, 2.75) is 103 Å². The van der Waals surface area contributed by atoms with Crippen molar-refractivity contribution in [3.05, 3.63) is 0 Å². The second-order valence-corrected chi connectivity index (χ2v) is 8.97. The Balaban J connectivity index is 1.67. The van der Waals surface area contributed by atoms with E-state index in [1.54, 1.807) is 96.3 Å². The van der Waals surface area contributed by atoms with Gasteiger partial charge in [-0.15, -0.1) is 0 Å². The molecule has 2 atom stereocenters. The van der Waals surface area contributed by atoms with Gasteiger partial charge in [0.15, 0.2) is 0 Å². The van der Waals surface area contributed by atoms with Crippen LogP contribution in [0.15, 0.2) is 0 Å². The maximum atomic E-state index is 1.63. The summed E-state index contributed by atoms with van der Waals surface area (Å²) >= 11 is 0. The molecule has 0 aromatic heterocycles. The molecule has 4 rings (SSSR count). The first-order chi connectivity index (χ1) is 10.4. The SMILES string of the molecule is C1CCC(C2(C3CCCC3)CCCCCC2C2CC2)CC1. The summed E-state index contributed by atoms with van der Waals surface area (Å²) in [6.45, 7) is 0. The summed E-state index contributed by atoms with van der Waals surface area (Å²) in [4.78, 5) is 0. The predicted octanol–water partition coefficient (Wildman–Crippen LogP) is 6.73. The van der Waals surface area contributed by atoms with E-state index in [0.29, 0.717) is 0 Å². The summed E-state index contributed by atoms with van der Waals surface area (Å²) in [6.07, 6.45) is 25.2. The van der Waals surface area contributed by atoms with Gasteiger partial charge in [-0.05, 0) is 80.5 Å². The Hall–Kier alpha value is 0. The molecule has 0 aromatic rings. The molecule has 0 aromatic carbocycles. The van der Waals surface area contributed by atoms with Gasteiger partial charge in [0.05, 0.1) is 0 Å².